The van der Waals surface area contributed by atoms with Gasteiger partial charge in [-0.25, -0.2) is 12.7 Å². The second-order valence-corrected chi connectivity index (χ2v) is 9.67. The Kier molecular flexibility index (Phi) is 3.97. The maximum atomic E-state index is 12.4. The number of aromatic nitrogens is 2. The number of nitrogens with one attached hydrogen (secondary N) is 1. The van der Waals surface area contributed by atoms with Crippen molar-refractivity contribution in [2.24, 2.45) is 0 Å². The first-order valence-corrected chi connectivity index (χ1v) is 10.7. The molecule has 1 N–H and O–H groups in total. The van der Waals surface area contributed by atoms with E-state index in [1.807, 2.05) is 0 Å². The molecule has 0 spiro atoms. The van der Waals surface area contributed by atoms with E-state index in [9.17, 15) is 13.2 Å². The third-order valence-electron chi connectivity index (χ3n) is 3.74. The number of nitrogens with zero attached hydrogens (tertiary/aromatic N) is 3. The van der Waals surface area contributed by atoms with Crippen LogP contribution in [0.15, 0.2) is 33.5 Å². The van der Waals surface area contributed by atoms with Crippen LogP contribution in [0, 0.1) is 0 Å². The highest BCUT2D eigenvalue weighted by Gasteiger charge is 2.40. The third kappa shape index (κ3) is 2.89. The van der Waals surface area contributed by atoms with Crippen LogP contribution in [0.25, 0.3) is 0 Å². The number of amides is 1. The summed E-state index contributed by atoms with van der Waals surface area (Å²) in [6.45, 7) is 0.117. The van der Waals surface area contributed by atoms with Crippen molar-refractivity contribution in [1.29, 1.82) is 0 Å². The Labute approximate surface area is 147 Å². The first-order valence-electron chi connectivity index (χ1n) is 7.44. The molecule has 0 bridgehead atoms. The summed E-state index contributed by atoms with van der Waals surface area (Å²) in [5.74, 6) is -0.0173. The Balaban J connectivity index is 1.39. The summed E-state index contributed by atoms with van der Waals surface area (Å²) in [6, 6.07) is 6.82. The lowest BCUT2D eigenvalue weighted by Crippen LogP contribution is -2.32. The van der Waals surface area contributed by atoms with Crippen molar-refractivity contribution in [1.82, 2.24) is 14.5 Å². The predicted molar refractivity (Wildman–Crippen MR) is 91.9 cm³/mol. The molecule has 1 aliphatic carbocycles. The van der Waals surface area contributed by atoms with Crippen LogP contribution in [0.4, 0.5) is 5.13 Å². The Morgan fingerprint density at radius 1 is 1.29 bits per heavy atom. The summed E-state index contributed by atoms with van der Waals surface area (Å²) in [7, 11) is -3.73. The van der Waals surface area contributed by atoms with Crippen LogP contribution in [-0.4, -0.2) is 47.2 Å². The van der Waals surface area contributed by atoms with Gasteiger partial charge in [0.25, 0.3) is 15.9 Å². The minimum Gasteiger partial charge on any atom is -0.357 e. The van der Waals surface area contributed by atoms with E-state index in [4.69, 9.17) is 0 Å². The van der Waals surface area contributed by atoms with Crippen molar-refractivity contribution in [2.75, 3.05) is 17.6 Å². The Morgan fingerprint density at radius 3 is 2.83 bits per heavy atom. The molecule has 126 valence electrons. The normalized spacial score (nSPS) is 18.7. The second-order valence-electron chi connectivity index (χ2n) is 5.52. The predicted octanol–water partition coefficient (Wildman–Crippen LogP) is 2.05. The molecule has 0 saturated heterocycles. The number of benzene rings is 1. The van der Waals surface area contributed by atoms with Crippen LogP contribution in [0.1, 0.15) is 23.2 Å². The molecule has 2 aliphatic rings. The molecule has 7 nitrogen and oxygen atoms in total. The summed E-state index contributed by atoms with van der Waals surface area (Å²) in [5, 5.41) is 12.2. The molecule has 24 heavy (non-hydrogen) atoms. The summed E-state index contributed by atoms with van der Waals surface area (Å²) >= 11 is 2.85. The number of carbonyl (C=O) groups excluding carboxylic acids is 1. The van der Waals surface area contributed by atoms with Crippen molar-refractivity contribution >= 4 is 44.2 Å². The van der Waals surface area contributed by atoms with Gasteiger partial charge in [0.05, 0.1) is 5.56 Å². The average Bonchev–Trinajstić information content (AvgIpc) is 3.23. The lowest BCUT2D eigenvalue weighted by Gasteiger charge is -2.13. The van der Waals surface area contributed by atoms with Gasteiger partial charge >= 0.3 is 0 Å². The fourth-order valence-corrected chi connectivity index (χ4v) is 5.91. The number of sulfonamides is 1. The van der Waals surface area contributed by atoms with E-state index >= 15 is 0 Å². The summed E-state index contributed by atoms with van der Waals surface area (Å²) in [6.07, 6.45) is 2.33. The summed E-state index contributed by atoms with van der Waals surface area (Å²) in [4.78, 5) is 12.4. The zero-order chi connectivity index (χ0) is 16.7. The van der Waals surface area contributed by atoms with E-state index in [0.29, 0.717) is 11.8 Å². The van der Waals surface area contributed by atoms with Gasteiger partial charge in [0.15, 0.2) is 4.34 Å². The van der Waals surface area contributed by atoms with Crippen molar-refractivity contribution in [2.45, 2.75) is 28.1 Å². The van der Waals surface area contributed by atoms with Gasteiger partial charge in [-0.15, -0.1) is 10.2 Å². The number of carbonyl (C=O) groups is 1. The molecule has 4 rings (SSSR count). The standard InChI is InChI=1S/C14H14N4O3S3/c19-12-10-3-1-2-4-11(10)24(20,21)18(12)7-8-22-14-17-16-13(23-14)15-9-5-6-9/h1-4,9H,5-8H2,(H,15,16). The molecule has 1 aromatic carbocycles. The third-order valence-corrected chi connectivity index (χ3v) is 7.55. The number of hydrogen-bond donors (Lipinski definition) is 1. The molecule has 10 heteroatoms. The van der Waals surface area contributed by atoms with E-state index in [0.717, 1.165) is 26.6 Å². The van der Waals surface area contributed by atoms with E-state index in [-0.39, 0.29) is 17.0 Å². The van der Waals surface area contributed by atoms with Crippen LogP contribution in [-0.2, 0) is 10.0 Å². The Bertz CT molecular complexity index is 892. The second kappa shape index (κ2) is 6.01. The molecule has 1 fully saturated rings. The average molecular weight is 382 g/mol. The number of fused-ring (bicyclic) bond motifs is 1. The monoisotopic (exact) mass is 382 g/mol. The van der Waals surface area contributed by atoms with Crippen molar-refractivity contribution < 1.29 is 13.2 Å². The number of anilines is 1. The van der Waals surface area contributed by atoms with Crippen LogP contribution >= 0.6 is 23.1 Å². The molecule has 1 aliphatic heterocycles. The van der Waals surface area contributed by atoms with Crippen molar-refractivity contribution in [3.8, 4) is 0 Å². The van der Waals surface area contributed by atoms with Crippen molar-refractivity contribution in [3.05, 3.63) is 29.8 Å². The smallest absolute Gasteiger partial charge is 0.269 e. The molecule has 0 atom stereocenters. The number of rotatable bonds is 6. The minimum absolute atomic E-state index is 0.0897. The first kappa shape index (κ1) is 15.9. The van der Waals surface area contributed by atoms with Crippen LogP contribution < -0.4 is 5.32 Å². The van der Waals surface area contributed by atoms with E-state index < -0.39 is 15.9 Å². The van der Waals surface area contributed by atoms with E-state index in [1.165, 1.54) is 29.2 Å². The minimum atomic E-state index is -3.73. The fourth-order valence-electron chi connectivity index (χ4n) is 2.40. The van der Waals surface area contributed by atoms with Crippen LogP contribution in [0.2, 0.25) is 0 Å². The quantitative estimate of drug-likeness (QED) is 0.764. The first-order chi connectivity index (χ1) is 11.6. The molecule has 0 radical (unpaired) electrons. The van der Waals surface area contributed by atoms with Gasteiger partial charge in [0.2, 0.25) is 5.13 Å². The highest BCUT2D eigenvalue weighted by Crippen LogP contribution is 2.32. The number of thioether (sulfide) groups is 1. The van der Waals surface area contributed by atoms with Crippen LogP contribution in [0.3, 0.4) is 0 Å². The van der Waals surface area contributed by atoms with E-state index in [1.54, 1.807) is 18.2 Å². The maximum Gasteiger partial charge on any atom is 0.269 e. The Morgan fingerprint density at radius 2 is 2.08 bits per heavy atom. The molecule has 0 unspecified atom stereocenters. The highest BCUT2D eigenvalue weighted by molar-refractivity contribution is 8.01. The highest BCUT2D eigenvalue weighted by atomic mass is 32.2. The van der Waals surface area contributed by atoms with Gasteiger partial charge in [-0.2, -0.15) is 0 Å². The van der Waals surface area contributed by atoms with Crippen LogP contribution in [0.5, 0.6) is 0 Å². The zero-order valence-electron chi connectivity index (χ0n) is 12.5. The van der Waals surface area contributed by atoms with E-state index in [2.05, 4.69) is 15.5 Å². The summed E-state index contributed by atoms with van der Waals surface area (Å²) < 4.78 is 26.6. The molecule has 2 aromatic rings. The van der Waals surface area contributed by atoms with Gasteiger partial charge in [-0.3, -0.25) is 4.79 Å². The topological polar surface area (TPSA) is 92.3 Å². The van der Waals surface area contributed by atoms with Gasteiger partial charge in [-0.05, 0) is 25.0 Å². The molecule has 2 heterocycles. The number of hydrogen-bond acceptors (Lipinski definition) is 8. The summed E-state index contributed by atoms with van der Waals surface area (Å²) in [5.41, 5.74) is 0.245. The lowest BCUT2D eigenvalue weighted by atomic mass is 10.2. The molecule has 1 aromatic heterocycles. The fraction of sp³-hybridized carbons (Fsp3) is 0.357. The van der Waals surface area contributed by atoms with Gasteiger partial charge in [-0.1, -0.05) is 35.2 Å². The molecule has 1 saturated carbocycles. The Hall–Kier alpha value is -1.65. The van der Waals surface area contributed by atoms with Gasteiger partial charge < -0.3 is 5.32 Å². The largest absolute Gasteiger partial charge is 0.357 e. The maximum absolute atomic E-state index is 12.4. The van der Waals surface area contributed by atoms with Crippen molar-refractivity contribution in [3.63, 3.8) is 0 Å². The molecular weight excluding hydrogens is 368 g/mol. The van der Waals surface area contributed by atoms with Gasteiger partial charge in [0, 0.05) is 18.3 Å². The molecule has 1 amide bonds. The zero-order valence-corrected chi connectivity index (χ0v) is 15.0. The molecular formula is C14H14N4O3S3. The SMILES string of the molecule is O=C1c2ccccc2S(=O)(=O)N1CCSc1nnc(NC2CC2)s1. The lowest BCUT2D eigenvalue weighted by molar-refractivity contribution is 0.0876. The van der Waals surface area contributed by atoms with Gasteiger partial charge in [0.1, 0.15) is 4.90 Å².